The van der Waals surface area contributed by atoms with Gasteiger partial charge in [-0.3, -0.25) is 9.69 Å². The van der Waals surface area contributed by atoms with Gasteiger partial charge in [0.25, 0.3) is 5.91 Å². The number of anilines is 1. The molecule has 1 atom stereocenters. The standard InChI is InChI=1S/C21H19F3N6O2/c22-21(23,24)20(16-4-2-1-3-5-16)18(31)30(19(32)27-20)14-28-8-10-29(11-9-28)17-12-15(13-25)6-7-26-17/h1-7,12H,8-11,14H2,(H,27,32). The van der Waals surface area contributed by atoms with Gasteiger partial charge in [-0.05, 0) is 17.7 Å². The van der Waals surface area contributed by atoms with Crippen LogP contribution in [0.2, 0.25) is 0 Å². The molecule has 32 heavy (non-hydrogen) atoms. The first-order valence-corrected chi connectivity index (χ1v) is 9.86. The third-order valence-corrected chi connectivity index (χ3v) is 5.65. The summed E-state index contributed by atoms with van der Waals surface area (Å²) >= 11 is 0. The maximum absolute atomic E-state index is 14.1. The minimum atomic E-state index is -5.01. The number of alkyl halides is 3. The Morgan fingerprint density at radius 3 is 2.41 bits per heavy atom. The lowest BCUT2D eigenvalue weighted by molar-refractivity contribution is -0.198. The molecule has 2 aromatic rings. The molecular formula is C21H19F3N6O2. The number of urea groups is 1. The Balaban J connectivity index is 1.48. The average molecular weight is 444 g/mol. The summed E-state index contributed by atoms with van der Waals surface area (Å²) in [6, 6.07) is 10.9. The normalized spacial score (nSPS) is 22.1. The summed E-state index contributed by atoms with van der Waals surface area (Å²) < 4.78 is 42.2. The van der Waals surface area contributed by atoms with Gasteiger partial charge in [0.1, 0.15) is 5.82 Å². The van der Waals surface area contributed by atoms with Crippen molar-refractivity contribution in [1.29, 1.82) is 5.26 Å². The zero-order valence-corrected chi connectivity index (χ0v) is 16.8. The van der Waals surface area contributed by atoms with Crippen molar-refractivity contribution in [3.05, 3.63) is 59.8 Å². The van der Waals surface area contributed by atoms with Crippen LogP contribution in [0.25, 0.3) is 0 Å². The molecule has 2 aliphatic heterocycles. The van der Waals surface area contributed by atoms with Crippen molar-refractivity contribution in [3.63, 3.8) is 0 Å². The second kappa shape index (κ2) is 8.12. The number of aromatic nitrogens is 1. The second-order valence-corrected chi connectivity index (χ2v) is 7.54. The largest absolute Gasteiger partial charge is 0.425 e. The summed E-state index contributed by atoms with van der Waals surface area (Å²) in [7, 11) is 0. The van der Waals surface area contributed by atoms with Crippen molar-refractivity contribution in [2.75, 3.05) is 37.7 Å². The van der Waals surface area contributed by atoms with E-state index >= 15 is 0 Å². The molecule has 1 aromatic carbocycles. The highest BCUT2D eigenvalue weighted by atomic mass is 19.4. The number of nitrogens with one attached hydrogen (secondary N) is 1. The number of hydrogen-bond donors (Lipinski definition) is 1. The molecule has 2 saturated heterocycles. The summed E-state index contributed by atoms with van der Waals surface area (Å²) in [5.41, 5.74) is -2.96. The third-order valence-electron chi connectivity index (χ3n) is 5.65. The number of benzene rings is 1. The quantitative estimate of drug-likeness (QED) is 0.726. The molecule has 166 valence electrons. The van der Waals surface area contributed by atoms with Crippen molar-refractivity contribution in [2.45, 2.75) is 11.7 Å². The Labute approximate surface area is 181 Å². The number of rotatable bonds is 4. The van der Waals surface area contributed by atoms with Crippen molar-refractivity contribution >= 4 is 17.8 Å². The number of carbonyl (C=O) groups is 2. The Morgan fingerprint density at radius 1 is 1.09 bits per heavy atom. The van der Waals surface area contributed by atoms with E-state index in [9.17, 15) is 22.8 Å². The van der Waals surface area contributed by atoms with Gasteiger partial charge in [0.15, 0.2) is 0 Å². The molecule has 2 fully saturated rings. The Morgan fingerprint density at radius 2 is 1.78 bits per heavy atom. The number of piperazine rings is 1. The van der Waals surface area contributed by atoms with Crippen LogP contribution in [0, 0.1) is 11.3 Å². The first-order chi connectivity index (χ1) is 15.3. The van der Waals surface area contributed by atoms with Crippen molar-refractivity contribution in [1.82, 2.24) is 20.1 Å². The third kappa shape index (κ3) is 3.62. The van der Waals surface area contributed by atoms with Crippen LogP contribution in [0.5, 0.6) is 0 Å². The maximum atomic E-state index is 14.1. The molecule has 2 aliphatic rings. The fourth-order valence-electron chi connectivity index (χ4n) is 3.92. The summed E-state index contributed by atoms with van der Waals surface area (Å²) in [4.78, 5) is 34.0. The zero-order chi connectivity index (χ0) is 22.9. The van der Waals surface area contributed by atoms with Gasteiger partial charge in [-0.1, -0.05) is 30.3 Å². The van der Waals surface area contributed by atoms with E-state index in [1.807, 2.05) is 16.3 Å². The number of halogens is 3. The lowest BCUT2D eigenvalue weighted by atomic mass is 9.89. The summed E-state index contributed by atoms with van der Waals surface area (Å²) in [6.45, 7) is 1.51. The zero-order valence-electron chi connectivity index (χ0n) is 16.8. The smallest absolute Gasteiger partial charge is 0.354 e. The SMILES string of the molecule is N#Cc1ccnc(N2CCN(CN3C(=O)NC(c4ccccc4)(C(F)(F)F)C3=O)CC2)c1. The van der Waals surface area contributed by atoms with Gasteiger partial charge in [0, 0.05) is 32.4 Å². The molecule has 0 bridgehead atoms. The number of hydrogen-bond acceptors (Lipinski definition) is 6. The van der Waals surface area contributed by atoms with Crippen molar-refractivity contribution in [2.24, 2.45) is 0 Å². The molecule has 3 amide bonds. The molecule has 3 heterocycles. The minimum absolute atomic E-state index is 0.255. The number of amides is 3. The molecule has 1 unspecified atom stereocenters. The fourth-order valence-corrected chi connectivity index (χ4v) is 3.92. The first kappa shape index (κ1) is 21.6. The monoisotopic (exact) mass is 444 g/mol. The predicted molar refractivity (Wildman–Crippen MR) is 107 cm³/mol. The summed E-state index contributed by atoms with van der Waals surface area (Å²) in [5, 5.41) is 10.9. The fraction of sp³-hybridized carbons (Fsp3) is 0.333. The second-order valence-electron chi connectivity index (χ2n) is 7.54. The molecule has 0 saturated carbocycles. The van der Waals surface area contributed by atoms with Gasteiger partial charge in [-0.25, -0.2) is 14.7 Å². The first-order valence-electron chi connectivity index (χ1n) is 9.86. The molecule has 4 rings (SSSR count). The van der Waals surface area contributed by atoms with Gasteiger partial charge in [-0.2, -0.15) is 18.4 Å². The molecule has 0 spiro atoms. The van der Waals surface area contributed by atoms with E-state index < -0.39 is 23.7 Å². The highest BCUT2D eigenvalue weighted by Crippen LogP contribution is 2.43. The predicted octanol–water partition coefficient (Wildman–Crippen LogP) is 2.04. The molecular weight excluding hydrogens is 425 g/mol. The Hall–Kier alpha value is -3.65. The van der Waals surface area contributed by atoms with E-state index in [1.165, 1.54) is 36.5 Å². The minimum Gasteiger partial charge on any atom is -0.354 e. The molecule has 0 aliphatic carbocycles. The lowest BCUT2D eigenvalue weighted by Gasteiger charge is -2.36. The number of carbonyl (C=O) groups excluding carboxylic acids is 2. The number of nitrogens with zero attached hydrogens (tertiary/aromatic N) is 5. The van der Waals surface area contributed by atoms with Gasteiger partial charge in [0.05, 0.1) is 18.3 Å². The summed E-state index contributed by atoms with van der Waals surface area (Å²) in [5.74, 6) is -0.717. The Bertz CT molecular complexity index is 1060. The van der Waals surface area contributed by atoms with Gasteiger partial charge < -0.3 is 10.2 Å². The van der Waals surface area contributed by atoms with Gasteiger partial charge in [-0.15, -0.1) is 0 Å². The molecule has 8 nitrogen and oxygen atoms in total. The number of pyridine rings is 1. The number of imide groups is 1. The van der Waals surface area contributed by atoms with Gasteiger partial charge >= 0.3 is 12.2 Å². The number of nitriles is 1. The van der Waals surface area contributed by atoms with E-state index in [-0.39, 0.29) is 12.2 Å². The lowest BCUT2D eigenvalue weighted by Crippen LogP contribution is -2.56. The highest BCUT2D eigenvalue weighted by Gasteiger charge is 2.68. The molecule has 1 N–H and O–H groups in total. The average Bonchev–Trinajstić information content (AvgIpc) is 3.06. The van der Waals surface area contributed by atoms with E-state index in [1.54, 1.807) is 17.0 Å². The van der Waals surface area contributed by atoms with Crippen LogP contribution >= 0.6 is 0 Å². The van der Waals surface area contributed by atoms with Crippen molar-refractivity contribution < 1.29 is 22.8 Å². The molecule has 0 radical (unpaired) electrons. The van der Waals surface area contributed by atoms with E-state index in [4.69, 9.17) is 5.26 Å². The maximum Gasteiger partial charge on any atom is 0.425 e. The van der Waals surface area contributed by atoms with Gasteiger partial charge in [0.2, 0.25) is 5.54 Å². The van der Waals surface area contributed by atoms with Crippen LogP contribution in [0.1, 0.15) is 11.1 Å². The van der Waals surface area contributed by atoms with Crippen LogP contribution in [0.15, 0.2) is 48.7 Å². The highest BCUT2D eigenvalue weighted by molar-refractivity contribution is 6.08. The van der Waals surface area contributed by atoms with Crippen molar-refractivity contribution in [3.8, 4) is 6.07 Å². The summed E-state index contributed by atoms with van der Waals surface area (Å²) in [6.07, 6.45) is -3.47. The van der Waals surface area contributed by atoms with Crippen LogP contribution < -0.4 is 10.2 Å². The molecule has 11 heteroatoms. The van der Waals surface area contributed by atoms with Crippen LogP contribution in [-0.4, -0.2) is 65.7 Å². The van der Waals surface area contributed by atoms with Crippen LogP contribution in [0.3, 0.4) is 0 Å². The van der Waals surface area contributed by atoms with E-state index in [0.29, 0.717) is 42.5 Å². The topological polar surface area (TPSA) is 92.6 Å². The van der Waals surface area contributed by atoms with Crippen LogP contribution in [0.4, 0.5) is 23.8 Å². The Kier molecular flexibility index (Phi) is 5.48. The van der Waals surface area contributed by atoms with Crippen LogP contribution in [-0.2, 0) is 10.3 Å². The van der Waals surface area contributed by atoms with E-state index in [2.05, 4.69) is 4.98 Å². The molecule has 1 aromatic heterocycles. The van der Waals surface area contributed by atoms with E-state index in [0.717, 1.165) is 0 Å².